The van der Waals surface area contributed by atoms with Crippen molar-refractivity contribution in [2.24, 2.45) is 0 Å². The highest BCUT2D eigenvalue weighted by Crippen LogP contribution is 2.13. The van der Waals surface area contributed by atoms with E-state index in [-0.39, 0.29) is 6.10 Å². The lowest BCUT2D eigenvalue weighted by atomic mass is 10.0. The molecule has 1 N–H and O–H groups in total. The molecule has 1 unspecified atom stereocenters. The molecule has 0 amide bonds. The highest BCUT2D eigenvalue weighted by atomic mass is 16.7. The molecule has 0 fully saturated rings. The summed E-state index contributed by atoms with van der Waals surface area (Å²) in [5, 5.41) is 8.66. The van der Waals surface area contributed by atoms with Crippen LogP contribution in [-0.4, -0.2) is 17.4 Å². The predicted octanol–water partition coefficient (Wildman–Crippen LogP) is 3.87. The first-order valence-corrected chi connectivity index (χ1v) is 6.16. The molecule has 0 aromatic heterocycles. The lowest BCUT2D eigenvalue weighted by Crippen LogP contribution is -2.17. The topological polar surface area (TPSA) is 46.5 Å². The Morgan fingerprint density at radius 1 is 1.29 bits per heavy atom. The van der Waals surface area contributed by atoms with E-state index in [4.69, 9.17) is 9.84 Å². The average Bonchev–Trinajstić information content (AvgIpc) is 2.33. The molecule has 0 aliphatic carbocycles. The zero-order valence-electron chi connectivity index (χ0n) is 10.3. The van der Waals surface area contributed by atoms with Gasteiger partial charge in [-0.2, -0.15) is 0 Å². The van der Waals surface area contributed by atoms with Crippen LogP contribution in [0.5, 0.6) is 0 Å². The molecule has 0 spiro atoms. The van der Waals surface area contributed by atoms with Gasteiger partial charge in [0.2, 0.25) is 0 Å². The second kappa shape index (κ2) is 7.71. The summed E-state index contributed by atoms with van der Waals surface area (Å²) in [5.74, 6) is 0. The van der Waals surface area contributed by atoms with Crippen molar-refractivity contribution in [3.8, 4) is 0 Å². The van der Waals surface area contributed by atoms with E-state index < -0.39 is 6.16 Å². The van der Waals surface area contributed by atoms with E-state index in [1.807, 2.05) is 18.2 Å². The number of carboxylic acid groups (broad SMARTS) is 1. The van der Waals surface area contributed by atoms with Crippen molar-refractivity contribution in [3.05, 3.63) is 35.9 Å². The number of ether oxygens (including phenoxy) is 1. The van der Waals surface area contributed by atoms with E-state index in [9.17, 15) is 4.79 Å². The quantitative estimate of drug-likeness (QED) is 0.731. The molecule has 0 bridgehead atoms. The van der Waals surface area contributed by atoms with Crippen molar-refractivity contribution in [3.63, 3.8) is 0 Å². The van der Waals surface area contributed by atoms with Gasteiger partial charge < -0.3 is 9.84 Å². The highest BCUT2D eigenvalue weighted by molar-refractivity contribution is 5.57. The molecule has 0 heterocycles. The van der Waals surface area contributed by atoms with Gasteiger partial charge in [-0.15, -0.1) is 0 Å². The molecule has 0 saturated heterocycles. The van der Waals surface area contributed by atoms with Crippen LogP contribution in [0, 0.1) is 0 Å². The van der Waals surface area contributed by atoms with E-state index in [2.05, 4.69) is 19.1 Å². The standard InChI is InChI=1S/C14H20O3/c1-2-3-9-13(17-14(15)16)11-10-12-7-5-4-6-8-12/h4-8,13H,2-3,9-11H2,1H3,(H,15,16). The van der Waals surface area contributed by atoms with Gasteiger partial charge in [0.05, 0.1) is 0 Å². The van der Waals surface area contributed by atoms with Crippen molar-refractivity contribution in [2.75, 3.05) is 0 Å². The third-order valence-corrected chi connectivity index (χ3v) is 2.74. The summed E-state index contributed by atoms with van der Waals surface area (Å²) in [6, 6.07) is 10.1. The fourth-order valence-electron chi connectivity index (χ4n) is 1.81. The third kappa shape index (κ3) is 5.95. The van der Waals surface area contributed by atoms with Crippen molar-refractivity contribution in [1.82, 2.24) is 0 Å². The van der Waals surface area contributed by atoms with Gasteiger partial charge in [-0.3, -0.25) is 0 Å². The Kier molecular flexibility index (Phi) is 6.15. The van der Waals surface area contributed by atoms with Gasteiger partial charge in [-0.05, 0) is 24.8 Å². The number of aryl methyl sites for hydroxylation is 1. The molecule has 94 valence electrons. The number of rotatable bonds is 7. The Balaban J connectivity index is 2.40. The summed E-state index contributed by atoms with van der Waals surface area (Å²) in [6.07, 6.45) is 3.17. The van der Waals surface area contributed by atoms with Gasteiger partial charge in [0, 0.05) is 0 Å². The molecule has 17 heavy (non-hydrogen) atoms. The van der Waals surface area contributed by atoms with Crippen LogP contribution in [0.25, 0.3) is 0 Å². The Bertz CT molecular complexity index is 321. The average molecular weight is 236 g/mol. The molecule has 1 aromatic carbocycles. The number of hydrogen-bond acceptors (Lipinski definition) is 2. The Morgan fingerprint density at radius 2 is 2.00 bits per heavy atom. The Labute approximate surface area is 102 Å². The summed E-state index contributed by atoms with van der Waals surface area (Å²) in [6.45, 7) is 2.09. The first-order chi connectivity index (χ1) is 8.22. The third-order valence-electron chi connectivity index (χ3n) is 2.74. The van der Waals surface area contributed by atoms with Crippen molar-refractivity contribution in [2.45, 2.75) is 45.1 Å². The van der Waals surface area contributed by atoms with Crippen LogP contribution in [0.3, 0.4) is 0 Å². The van der Waals surface area contributed by atoms with E-state index in [1.165, 1.54) is 5.56 Å². The van der Waals surface area contributed by atoms with Gasteiger partial charge in [0.25, 0.3) is 0 Å². The molecule has 1 aromatic rings. The zero-order chi connectivity index (χ0) is 12.5. The zero-order valence-corrected chi connectivity index (χ0v) is 10.3. The largest absolute Gasteiger partial charge is 0.506 e. The molecule has 3 nitrogen and oxygen atoms in total. The second-order valence-corrected chi connectivity index (χ2v) is 4.17. The van der Waals surface area contributed by atoms with Crippen molar-refractivity contribution in [1.29, 1.82) is 0 Å². The molecular formula is C14H20O3. The Hall–Kier alpha value is -1.51. The van der Waals surface area contributed by atoms with Crippen LogP contribution >= 0.6 is 0 Å². The first-order valence-electron chi connectivity index (χ1n) is 6.16. The molecular weight excluding hydrogens is 216 g/mol. The minimum Gasteiger partial charge on any atom is -0.450 e. The molecule has 0 radical (unpaired) electrons. The number of hydrogen-bond donors (Lipinski definition) is 1. The van der Waals surface area contributed by atoms with Gasteiger partial charge in [0.1, 0.15) is 6.10 Å². The normalized spacial score (nSPS) is 12.1. The summed E-state index contributed by atoms with van der Waals surface area (Å²) in [4.78, 5) is 10.6. The van der Waals surface area contributed by atoms with Gasteiger partial charge >= 0.3 is 6.16 Å². The maximum Gasteiger partial charge on any atom is 0.506 e. The van der Waals surface area contributed by atoms with Crippen molar-refractivity contribution < 1.29 is 14.6 Å². The van der Waals surface area contributed by atoms with E-state index >= 15 is 0 Å². The fraction of sp³-hybridized carbons (Fsp3) is 0.500. The summed E-state index contributed by atoms with van der Waals surface area (Å²) in [7, 11) is 0. The number of benzene rings is 1. The number of carbonyl (C=O) groups is 1. The monoisotopic (exact) mass is 236 g/mol. The molecule has 3 heteroatoms. The summed E-state index contributed by atoms with van der Waals surface area (Å²) >= 11 is 0. The summed E-state index contributed by atoms with van der Waals surface area (Å²) < 4.78 is 4.89. The predicted molar refractivity (Wildman–Crippen MR) is 67.2 cm³/mol. The van der Waals surface area contributed by atoms with E-state index in [0.29, 0.717) is 0 Å². The second-order valence-electron chi connectivity index (χ2n) is 4.17. The lowest BCUT2D eigenvalue weighted by Gasteiger charge is -2.15. The maximum atomic E-state index is 10.6. The van der Waals surface area contributed by atoms with Crippen LogP contribution in [0.2, 0.25) is 0 Å². The molecule has 1 atom stereocenters. The van der Waals surface area contributed by atoms with Crippen LogP contribution < -0.4 is 0 Å². The van der Waals surface area contributed by atoms with E-state index in [0.717, 1.165) is 32.1 Å². The van der Waals surface area contributed by atoms with Crippen LogP contribution in [0.15, 0.2) is 30.3 Å². The molecule has 1 rings (SSSR count). The minimum atomic E-state index is -1.17. The van der Waals surface area contributed by atoms with Crippen molar-refractivity contribution >= 4 is 6.16 Å². The van der Waals surface area contributed by atoms with E-state index in [1.54, 1.807) is 0 Å². The smallest absolute Gasteiger partial charge is 0.450 e. The van der Waals surface area contributed by atoms with Crippen LogP contribution in [0.4, 0.5) is 4.79 Å². The molecule has 0 saturated carbocycles. The van der Waals surface area contributed by atoms with Crippen LogP contribution in [-0.2, 0) is 11.2 Å². The lowest BCUT2D eigenvalue weighted by molar-refractivity contribution is 0.0437. The highest BCUT2D eigenvalue weighted by Gasteiger charge is 2.12. The molecule has 0 aliphatic rings. The van der Waals surface area contributed by atoms with Gasteiger partial charge in [0.15, 0.2) is 0 Å². The minimum absolute atomic E-state index is 0.173. The van der Waals surface area contributed by atoms with Gasteiger partial charge in [-0.25, -0.2) is 4.79 Å². The van der Waals surface area contributed by atoms with Crippen LogP contribution in [0.1, 0.15) is 38.2 Å². The number of unbranched alkanes of at least 4 members (excludes halogenated alkanes) is 1. The SMILES string of the molecule is CCCCC(CCc1ccccc1)OC(=O)O. The maximum absolute atomic E-state index is 10.6. The Morgan fingerprint density at radius 3 is 2.59 bits per heavy atom. The first kappa shape index (κ1) is 13.6. The molecule has 0 aliphatic heterocycles. The summed E-state index contributed by atoms with van der Waals surface area (Å²) in [5.41, 5.74) is 1.22. The van der Waals surface area contributed by atoms with Gasteiger partial charge in [-0.1, -0.05) is 50.1 Å². The fourth-order valence-corrected chi connectivity index (χ4v) is 1.81.